The fourth-order valence-corrected chi connectivity index (χ4v) is 6.41. The smallest absolute Gasteiger partial charge is 0.311 e. The molecule has 23 heavy (non-hydrogen) atoms. The number of hydrogen-bond acceptors (Lipinski definition) is 3. The van der Waals surface area contributed by atoms with Crippen molar-refractivity contribution in [1.29, 1.82) is 0 Å². The van der Waals surface area contributed by atoms with Crippen LogP contribution in [0.25, 0.3) is 10.8 Å². The molecule has 2 aromatic rings. The molecule has 0 aliphatic heterocycles. The van der Waals surface area contributed by atoms with Crippen molar-refractivity contribution < 1.29 is 13.6 Å². The molecule has 0 saturated heterocycles. The van der Waals surface area contributed by atoms with Gasteiger partial charge in [-0.05, 0) is 22.4 Å². The lowest BCUT2D eigenvalue weighted by Gasteiger charge is -2.26. The number of fused-ring (bicyclic) bond motifs is 2. The largest absolute Gasteiger partial charge is 0.341 e. The molecule has 2 unspecified atom stereocenters. The molecule has 0 aromatic heterocycles. The topological polar surface area (TPSA) is 35.5 Å². The Morgan fingerprint density at radius 2 is 1.52 bits per heavy atom. The maximum absolute atomic E-state index is 13.4. The maximum atomic E-state index is 13.4. The SMILES string of the molecule is COP(=O)(OC)C1(c2ccc3ccccc3c2)C2C=CC=CC21. The molecular weight excluding hydrogens is 307 g/mol. The van der Waals surface area contributed by atoms with Gasteiger partial charge in [0.2, 0.25) is 0 Å². The summed E-state index contributed by atoms with van der Waals surface area (Å²) in [5.41, 5.74) is 1.02. The maximum Gasteiger partial charge on any atom is 0.341 e. The Morgan fingerprint density at radius 1 is 0.913 bits per heavy atom. The van der Waals surface area contributed by atoms with E-state index in [-0.39, 0.29) is 11.8 Å². The Bertz CT molecular complexity index is 842. The standard InChI is InChI=1S/C19H19O3P/c1-21-23(20,22-2)19(17-9-5-6-10-18(17)19)16-12-11-14-7-3-4-8-15(14)13-16/h3-13,17-18H,1-2H3. The summed E-state index contributed by atoms with van der Waals surface area (Å²) in [6, 6.07) is 14.5. The zero-order valence-corrected chi connectivity index (χ0v) is 14.1. The summed E-state index contributed by atoms with van der Waals surface area (Å²) in [6.45, 7) is 0. The van der Waals surface area contributed by atoms with E-state index in [9.17, 15) is 4.57 Å². The monoisotopic (exact) mass is 326 g/mol. The fraction of sp³-hybridized carbons (Fsp3) is 0.263. The predicted molar refractivity (Wildman–Crippen MR) is 92.5 cm³/mol. The van der Waals surface area contributed by atoms with E-state index in [0.717, 1.165) is 10.9 Å². The predicted octanol–water partition coefficient (Wildman–Crippen LogP) is 4.89. The minimum Gasteiger partial charge on any atom is -0.311 e. The molecule has 0 N–H and O–H groups in total. The van der Waals surface area contributed by atoms with Crippen LogP contribution in [0.4, 0.5) is 0 Å². The van der Waals surface area contributed by atoms with E-state index in [2.05, 4.69) is 42.5 Å². The second-order valence-electron chi connectivity index (χ2n) is 6.07. The van der Waals surface area contributed by atoms with E-state index >= 15 is 0 Å². The Hall–Kier alpha value is -1.67. The number of rotatable bonds is 4. The van der Waals surface area contributed by atoms with Crippen LogP contribution in [0.5, 0.6) is 0 Å². The molecule has 2 atom stereocenters. The summed E-state index contributed by atoms with van der Waals surface area (Å²) in [7, 11) is -0.327. The molecule has 118 valence electrons. The first-order chi connectivity index (χ1) is 11.2. The van der Waals surface area contributed by atoms with Crippen molar-refractivity contribution in [3.63, 3.8) is 0 Å². The second-order valence-corrected chi connectivity index (χ2v) is 8.54. The molecule has 2 aliphatic carbocycles. The number of allylic oxidation sites excluding steroid dienone is 4. The van der Waals surface area contributed by atoms with Crippen molar-refractivity contribution in [3.05, 3.63) is 72.3 Å². The lowest BCUT2D eigenvalue weighted by Crippen LogP contribution is -2.15. The molecule has 1 fully saturated rings. The summed E-state index contributed by atoms with van der Waals surface area (Å²) >= 11 is 0. The van der Waals surface area contributed by atoms with Gasteiger partial charge in [-0.1, -0.05) is 60.7 Å². The zero-order chi connectivity index (χ0) is 16.1. The third kappa shape index (κ3) is 1.88. The van der Waals surface area contributed by atoms with E-state index in [0.29, 0.717) is 0 Å². The summed E-state index contributed by atoms with van der Waals surface area (Å²) in [4.78, 5) is 0. The minimum atomic E-state index is -3.28. The van der Waals surface area contributed by atoms with Crippen molar-refractivity contribution in [2.24, 2.45) is 11.8 Å². The van der Waals surface area contributed by atoms with Crippen molar-refractivity contribution in [3.8, 4) is 0 Å². The van der Waals surface area contributed by atoms with E-state index in [1.807, 2.05) is 24.3 Å². The van der Waals surface area contributed by atoms with E-state index < -0.39 is 12.8 Å². The van der Waals surface area contributed by atoms with Crippen molar-refractivity contribution >= 4 is 18.4 Å². The molecule has 3 nitrogen and oxygen atoms in total. The second kappa shape index (κ2) is 5.17. The van der Waals surface area contributed by atoms with Gasteiger partial charge < -0.3 is 9.05 Å². The van der Waals surface area contributed by atoms with Crippen LogP contribution in [0, 0.1) is 11.8 Å². The molecule has 2 aromatic carbocycles. The average molecular weight is 326 g/mol. The molecule has 1 saturated carbocycles. The Balaban J connectivity index is 1.94. The number of benzene rings is 2. The van der Waals surface area contributed by atoms with Crippen LogP contribution in [0.3, 0.4) is 0 Å². The fourth-order valence-electron chi connectivity index (χ4n) is 4.05. The van der Waals surface area contributed by atoms with E-state index in [4.69, 9.17) is 9.05 Å². The van der Waals surface area contributed by atoms with Crippen molar-refractivity contribution in [1.82, 2.24) is 0 Å². The third-order valence-corrected chi connectivity index (χ3v) is 7.91. The van der Waals surface area contributed by atoms with Crippen LogP contribution in [-0.4, -0.2) is 14.2 Å². The van der Waals surface area contributed by atoms with Gasteiger partial charge in [0.25, 0.3) is 0 Å². The highest BCUT2D eigenvalue weighted by Crippen LogP contribution is 2.82. The molecular formula is C19H19O3P. The van der Waals surface area contributed by atoms with Crippen LogP contribution in [-0.2, 0) is 18.8 Å². The summed E-state index contributed by atoms with van der Waals surface area (Å²) < 4.78 is 24.3. The van der Waals surface area contributed by atoms with Gasteiger partial charge in [-0.25, -0.2) is 0 Å². The zero-order valence-electron chi connectivity index (χ0n) is 13.2. The summed E-state index contributed by atoms with van der Waals surface area (Å²) in [5.74, 6) is 0.304. The quantitative estimate of drug-likeness (QED) is 0.750. The van der Waals surface area contributed by atoms with Crippen LogP contribution in [0.15, 0.2) is 66.8 Å². The molecule has 0 amide bonds. The highest BCUT2D eigenvalue weighted by Gasteiger charge is 2.74. The first kappa shape index (κ1) is 14.9. The van der Waals surface area contributed by atoms with Gasteiger partial charge in [0.05, 0.1) is 0 Å². The summed E-state index contributed by atoms with van der Waals surface area (Å²) in [5, 5.41) is 1.69. The van der Waals surface area contributed by atoms with Crippen molar-refractivity contribution in [2.45, 2.75) is 5.16 Å². The highest BCUT2D eigenvalue weighted by atomic mass is 31.2. The third-order valence-electron chi connectivity index (χ3n) is 5.19. The minimum absolute atomic E-state index is 0.152. The van der Waals surface area contributed by atoms with Gasteiger partial charge in [-0.15, -0.1) is 0 Å². The normalized spacial score (nSPS) is 28.8. The lowest BCUT2D eigenvalue weighted by atomic mass is 10.0. The molecule has 0 radical (unpaired) electrons. The van der Waals surface area contributed by atoms with Gasteiger partial charge >= 0.3 is 7.60 Å². The lowest BCUT2D eigenvalue weighted by molar-refractivity contribution is 0.260. The first-order valence-electron chi connectivity index (χ1n) is 7.73. The van der Waals surface area contributed by atoms with Gasteiger partial charge in [0, 0.05) is 26.1 Å². The Labute approximate surface area is 136 Å². The van der Waals surface area contributed by atoms with Gasteiger partial charge in [-0.3, -0.25) is 4.57 Å². The summed E-state index contributed by atoms with van der Waals surface area (Å²) in [6.07, 6.45) is 8.26. The van der Waals surface area contributed by atoms with Gasteiger partial charge in [0.1, 0.15) is 5.16 Å². The average Bonchev–Trinajstić information content (AvgIpc) is 3.31. The first-order valence-corrected chi connectivity index (χ1v) is 9.27. The molecule has 4 rings (SSSR count). The van der Waals surface area contributed by atoms with Crippen LogP contribution < -0.4 is 0 Å². The van der Waals surface area contributed by atoms with E-state index in [1.165, 1.54) is 19.6 Å². The van der Waals surface area contributed by atoms with Crippen molar-refractivity contribution in [2.75, 3.05) is 14.2 Å². The van der Waals surface area contributed by atoms with Gasteiger partial charge in [0.15, 0.2) is 0 Å². The molecule has 0 heterocycles. The Kier molecular flexibility index (Phi) is 3.35. The highest BCUT2D eigenvalue weighted by molar-refractivity contribution is 7.55. The van der Waals surface area contributed by atoms with Crippen LogP contribution >= 0.6 is 7.60 Å². The van der Waals surface area contributed by atoms with Crippen LogP contribution in [0.1, 0.15) is 5.56 Å². The number of hydrogen-bond donors (Lipinski definition) is 0. The molecule has 2 aliphatic rings. The Morgan fingerprint density at radius 3 is 2.13 bits per heavy atom. The molecule has 0 spiro atoms. The molecule has 0 bridgehead atoms. The van der Waals surface area contributed by atoms with Crippen LogP contribution in [0.2, 0.25) is 0 Å². The van der Waals surface area contributed by atoms with E-state index in [1.54, 1.807) is 0 Å². The van der Waals surface area contributed by atoms with Gasteiger partial charge in [-0.2, -0.15) is 0 Å². The molecule has 4 heteroatoms.